The summed E-state index contributed by atoms with van der Waals surface area (Å²) in [6, 6.07) is 0. The molecule has 0 saturated heterocycles. The SMILES string of the molecule is CCCCNCC(C)OCCOCCC. The Labute approximate surface area is 94.5 Å². The molecule has 1 unspecified atom stereocenters. The van der Waals surface area contributed by atoms with E-state index in [1.807, 2.05) is 0 Å². The predicted octanol–water partition coefficient (Wildman–Crippen LogP) is 2.21. The van der Waals surface area contributed by atoms with Crippen LogP contribution >= 0.6 is 0 Å². The van der Waals surface area contributed by atoms with Gasteiger partial charge in [0.15, 0.2) is 0 Å². The summed E-state index contributed by atoms with van der Waals surface area (Å²) in [6.45, 7) is 10.7. The van der Waals surface area contributed by atoms with Gasteiger partial charge in [0.05, 0.1) is 19.3 Å². The number of hydrogen-bond acceptors (Lipinski definition) is 3. The van der Waals surface area contributed by atoms with Gasteiger partial charge < -0.3 is 14.8 Å². The maximum atomic E-state index is 5.58. The summed E-state index contributed by atoms with van der Waals surface area (Å²) in [6.07, 6.45) is 3.85. The van der Waals surface area contributed by atoms with E-state index in [-0.39, 0.29) is 6.10 Å². The second kappa shape index (κ2) is 12.0. The van der Waals surface area contributed by atoms with Crippen LogP contribution in [0.1, 0.15) is 40.0 Å². The van der Waals surface area contributed by atoms with Gasteiger partial charge in [0, 0.05) is 13.2 Å². The van der Waals surface area contributed by atoms with Crippen LogP contribution < -0.4 is 5.32 Å². The monoisotopic (exact) mass is 217 g/mol. The van der Waals surface area contributed by atoms with E-state index in [1.54, 1.807) is 0 Å². The maximum Gasteiger partial charge on any atom is 0.0704 e. The third-order valence-electron chi connectivity index (χ3n) is 2.12. The molecular formula is C12H27NO2. The largest absolute Gasteiger partial charge is 0.379 e. The first-order valence-electron chi connectivity index (χ1n) is 6.21. The van der Waals surface area contributed by atoms with Gasteiger partial charge in [0.25, 0.3) is 0 Å². The minimum absolute atomic E-state index is 0.284. The molecule has 0 aromatic rings. The molecule has 0 amide bonds. The van der Waals surface area contributed by atoms with E-state index >= 15 is 0 Å². The average molecular weight is 217 g/mol. The zero-order chi connectivity index (χ0) is 11.4. The molecule has 0 aromatic carbocycles. The Morgan fingerprint density at radius 1 is 1.07 bits per heavy atom. The molecule has 0 aliphatic heterocycles. The van der Waals surface area contributed by atoms with Gasteiger partial charge in [-0.3, -0.25) is 0 Å². The van der Waals surface area contributed by atoms with Gasteiger partial charge in [-0.15, -0.1) is 0 Å². The zero-order valence-electron chi connectivity index (χ0n) is 10.6. The fourth-order valence-corrected chi connectivity index (χ4v) is 1.22. The van der Waals surface area contributed by atoms with Crippen molar-refractivity contribution in [2.45, 2.75) is 46.1 Å². The molecule has 3 heteroatoms. The molecule has 0 saturated carbocycles. The number of ether oxygens (including phenoxy) is 2. The van der Waals surface area contributed by atoms with Crippen molar-refractivity contribution in [1.29, 1.82) is 0 Å². The Balaban J connectivity index is 3.08. The highest BCUT2D eigenvalue weighted by atomic mass is 16.5. The summed E-state index contributed by atoms with van der Waals surface area (Å²) in [5.74, 6) is 0. The molecule has 3 nitrogen and oxygen atoms in total. The van der Waals surface area contributed by atoms with Crippen molar-refractivity contribution in [2.24, 2.45) is 0 Å². The van der Waals surface area contributed by atoms with Crippen LogP contribution in [0.4, 0.5) is 0 Å². The molecule has 0 heterocycles. The Bertz CT molecular complexity index is 120. The summed E-state index contributed by atoms with van der Waals surface area (Å²) < 4.78 is 10.9. The minimum Gasteiger partial charge on any atom is -0.379 e. The molecule has 0 spiro atoms. The van der Waals surface area contributed by atoms with E-state index in [0.717, 1.165) is 26.1 Å². The van der Waals surface area contributed by atoms with Gasteiger partial charge >= 0.3 is 0 Å². The van der Waals surface area contributed by atoms with Gasteiger partial charge in [-0.25, -0.2) is 0 Å². The Hall–Kier alpha value is -0.120. The summed E-state index contributed by atoms with van der Waals surface area (Å²) in [5.41, 5.74) is 0. The van der Waals surface area contributed by atoms with Crippen LogP contribution in [-0.4, -0.2) is 39.0 Å². The van der Waals surface area contributed by atoms with Gasteiger partial charge in [0.2, 0.25) is 0 Å². The molecule has 0 radical (unpaired) electrons. The van der Waals surface area contributed by atoms with Crippen LogP contribution in [0.5, 0.6) is 0 Å². The van der Waals surface area contributed by atoms with E-state index in [4.69, 9.17) is 9.47 Å². The minimum atomic E-state index is 0.284. The molecule has 15 heavy (non-hydrogen) atoms. The Morgan fingerprint density at radius 2 is 1.87 bits per heavy atom. The normalized spacial score (nSPS) is 13.0. The molecule has 0 aromatic heterocycles. The maximum absolute atomic E-state index is 5.58. The van der Waals surface area contributed by atoms with Crippen LogP contribution in [0.2, 0.25) is 0 Å². The van der Waals surface area contributed by atoms with Crippen molar-refractivity contribution in [1.82, 2.24) is 5.32 Å². The number of unbranched alkanes of at least 4 members (excludes halogenated alkanes) is 1. The first kappa shape index (κ1) is 14.9. The summed E-state index contributed by atoms with van der Waals surface area (Å²) in [7, 11) is 0. The Kier molecular flexibility index (Phi) is 11.9. The van der Waals surface area contributed by atoms with Gasteiger partial charge in [-0.05, 0) is 26.3 Å². The second-order valence-electron chi connectivity index (χ2n) is 3.85. The summed E-state index contributed by atoms with van der Waals surface area (Å²) >= 11 is 0. The van der Waals surface area contributed by atoms with E-state index in [2.05, 4.69) is 26.1 Å². The van der Waals surface area contributed by atoms with Crippen LogP contribution in [-0.2, 0) is 9.47 Å². The highest BCUT2D eigenvalue weighted by Crippen LogP contribution is 1.90. The second-order valence-corrected chi connectivity index (χ2v) is 3.85. The number of rotatable bonds is 11. The highest BCUT2D eigenvalue weighted by molar-refractivity contribution is 4.55. The summed E-state index contributed by atoms with van der Waals surface area (Å²) in [5, 5.41) is 3.37. The molecule has 0 aliphatic carbocycles. The van der Waals surface area contributed by atoms with E-state index < -0.39 is 0 Å². The van der Waals surface area contributed by atoms with Crippen LogP contribution in [0.15, 0.2) is 0 Å². The average Bonchev–Trinajstić information content (AvgIpc) is 2.24. The van der Waals surface area contributed by atoms with Gasteiger partial charge in [-0.1, -0.05) is 20.3 Å². The van der Waals surface area contributed by atoms with Gasteiger partial charge in [-0.2, -0.15) is 0 Å². The molecular weight excluding hydrogens is 190 g/mol. The fraction of sp³-hybridized carbons (Fsp3) is 1.00. The lowest BCUT2D eigenvalue weighted by Crippen LogP contribution is -2.28. The van der Waals surface area contributed by atoms with Crippen LogP contribution in [0.25, 0.3) is 0 Å². The Morgan fingerprint density at radius 3 is 2.53 bits per heavy atom. The van der Waals surface area contributed by atoms with Crippen molar-refractivity contribution in [3.05, 3.63) is 0 Å². The van der Waals surface area contributed by atoms with Crippen molar-refractivity contribution in [3.63, 3.8) is 0 Å². The molecule has 1 N–H and O–H groups in total. The van der Waals surface area contributed by atoms with Crippen LogP contribution in [0, 0.1) is 0 Å². The highest BCUT2D eigenvalue weighted by Gasteiger charge is 2.00. The first-order valence-corrected chi connectivity index (χ1v) is 6.21. The molecule has 0 fully saturated rings. The van der Waals surface area contributed by atoms with E-state index in [0.29, 0.717) is 13.2 Å². The standard InChI is InChI=1S/C12H27NO2/c1-4-6-7-13-11-12(3)15-10-9-14-8-5-2/h12-13H,4-11H2,1-3H3. The fourth-order valence-electron chi connectivity index (χ4n) is 1.22. The third kappa shape index (κ3) is 11.8. The van der Waals surface area contributed by atoms with E-state index in [1.165, 1.54) is 12.8 Å². The number of hydrogen-bond donors (Lipinski definition) is 1. The lowest BCUT2D eigenvalue weighted by molar-refractivity contribution is 0.0130. The van der Waals surface area contributed by atoms with Crippen molar-refractivity contribution < 1.29 is 9.47 Å². The quantitative estimate of drug-likeness (QED) is 0.538. The molecule has 1 atom stereocenters. The van der Waals surface area contributed by atoms with Crippen molar-refractivity contribution in [2.75, 3.05) is 32.9 Å². The smallest absolute Gasteiger partial charge is 0.0704 e. The topological polar surface area (TPSA) is 30.5 Å². The van der Waals surface area contributed by atoms with Crippen molar-refractivity contribution in [3.8, 4) is 0 Å². The zero-order valence-corrected chi connectivity index (χ0v) is 10.6. The molecule has 0 aliphatic rings. The predicted molar refractivity (Wildman–Crippen MR) is 64.3 cm³/mol. The van der Waals surface area contributed by atoms with Crippen molar-refractivity contribution >= 4 is 0 Å². The molecule has 0 rings (SSSR count). The lowest BCUT2D eigenvalue weighted by atomic mass is 10.3. The van der Waals surface area contributed by atoms with E-state index in [9.17, 15) is 0 Å². The van der Waals surface area contributed by atoms with Gasteiger partial charge in [0.1, 0.15) is 0 Å². The summed E-state index contributed by atoms with van der Waals surface area (Å²) in [4.78, 5) is 0. The molecule has 92 valence electrons. The number of nitrogens with one attached hydrogen (secondary N) is 1. The molecule has 0 bridgehead atoms. The lowest BCUT2D eigenvalue weighted by Gasteiger charge is -2.13. The van der Waals surface area contributed by atoms with Crippen LogP contribution in [0.3, 0.4) is 0 Å². The first-order chi connectivity index (χ1) is 7.31. The third-order valence-corrected chi connectivity index (χ3v) is 2.12.